The highest BCUT2D eigenvalue weighted by atomic mass is 79.9. The van der Waals surface area contributed by atoms with Crippen LogP contribution in [-0.2, 0) is 14.9 Å². The molecular formula is C37H40BrN2O3P. The Bertz CT molecular complexity index is 1530. The fraction of sp³-hybridized carbons (Fsp3) is 0.297. The third-order valence-electron chi connectivity index (χ3n) is 8.89. The standard InChI is InChI=1S/C37H40BrN2O3P/c1-26-10-6-7-11-27(2)33(32-15-9-8-14-31(26)32)25-43-36(44)40-22-20-37(21-23-40,29-16-18-30(38)19-17-29)35(42)39-24-34(41)28-12-4-3-5-13-28/h3-19,26,33-34,41,44H,2,20-25H2,1H3,(H,39,42)/b10-6-,11-7-. The van der Waals surface area contributed by atoms with Gasteiger partial charge in [-0.1, -0.05) is 129 Å². The summed E-state index contributed by atoms with van der Waals surface area (Å²) in [5, 5.41) is 13.8. The number of fused-ring (bicyclic) bond motifs is 1. The van der Waals surface area contributed by atoms with Crippen molar-refractivity contribution < 1.29 is 14.6 Å². The number of piperidine rings is 1. The Morgan fingerprint density at radius 3 is 2.41 bits per heavy atom. The molecule has 3 atom stereocenters. The van der Waals surface area contributed by atoms with Gasteiger partial charge < -0.3 is 15.2 Å². The highest BCUT2D eigenvalue weighted by Crippen LogP contribution is 2.38. The molecule has 7 heteroatoms. The maximum Gasteiger partial charge on any atom is 0.230 e. The molecule has 1 amide bonds. The fourth-order valence-electron chi connectivity index (χ4n) is 6.18. The van der Waals surface area contributed by atoms with Gasteiger partial charge in [0, 0.05) is 30.0 Å². The Labute approximate surface area is 271 Å². The molecule has 0 saturated carbocycles. The van der Waals surface area contributed by atoms with Crippen LogP contribution in [0.2, 0.25) is 0 Å². The first-order valence-electron chi connectivity index (χ1n) is 15.1. The lowest BCUT2D eigenvalue weighted by molar-refractivity contribution is -0.129. The Morgan fingerprint density at radius 2 is 1.70 bits per heavy atom. The number of allylic oxidation sites excluding steroid dienone is 4. The van der Waals surface area contributed by atoms with Crippen LogP contribution in [0.4, 0.5) is 0 Å². The third-order valence-corrected chi connectivity index (χ3v) is 9.88. The summed E-state index contributed by atoms with van der Waals surface area (Å²) in [5.74, 6) is 0.216. The maximum atomic E-state index is 13.9. The third kappa shape index (κ3) is 7.39. The van der Waals surface area contributed by atoms with E-state index in [1.165, 1.54) is 11.1 Å². The zero-order chi connectivity index (χ0) is 31.1. The van der Waals surface area contributed by atoms with Gasteiger partial charge in [-0.25, -0.2) is 0 Å². The van der Waals surface area contributed by atoms with Gasteiger partial charge in [0.05, 0.1) is 18.1 Å². The molecule has 3 unspecified atom stereocenters. The smallest absolute Gasteiger partial charge is 0.230 e. The molecule has 0 radical (unpaired) electrons. The number of halogens is 1. The van der Waals surface area contributed by atoms with E-state index in [9.17, 15) is 9.90 Å². The summed E-state index contributed by atoms with van der Waals surface area (Å²) in [6.07, 6.45) is 8.83. The molecule has 5 rings (SSSR count). The number of carbonyl (C=O) groups is 1. The van der Waals surface area contributed by atoms with E-state index in [1.54, 1.807) is 0 Å². The first kappa shape index (κ1) is 32.3. The van der Waals surface area contributed by atoms with Crippen molar-refractivity contribution in [2.24, 2.45) is 0 Å². The van der Waals surface area contributed by atoms with Gasteiger partial charge in [-0.3, -0.25) is 9.69 Å². The van der Waals surface area contributed by atoms with E-state index in [0.29, 0.717) is 38.1 Å². The average molecular weight is 672 g/mol. The van der Waals surface area contributed by atoms with E-state index in [2.05, 4.69) is 91.0 Å². The molecule has 1 aliphatic carbocycles. The van der Waals surface area contributed by atoms with Crippen LogP contribution in [0.25, 0.3) is 0 Å². The predicted molar refractivity (Wildman–Crippen MR) is 185 cm³/mol. The average Bonchev–Trinajstić information content (AvgIpc) is 3.11. The lowest BCUT2D eigenvalue weighted by atomic mass is 9.72. The van der Waals surface area contributed by atoms with Gasteiger partial charge in [-0.05, 0) is 58.7 Å². The van der Waals surface area contributed by atoms with Crippen molar-refractivity contribution in [3.63, 3.8) is 0 Å². The minimum atomic E-state index is -0.774. The molecule has 0 bridgehead atoms. The zero-order valence-electron chi connectivity index (χ0n) is 25.1. The first-order chi connectivity index (χ1) is 21.3. The molecule has 44 heavy (non-hydrogen) atoms. The van der Waals surface area contributed by atoms with E-state index in [-0.39, 0.29) is 24.3 Å². The highest BCUT2D eigenvalue weighted by molar-refractivity contribution is 9.10. The molecule has 1 aliphatic heterocycles. The topological polar surface area (TPSA) is 61.8 Å². The second-order valence-electron chi connectivity index (χ2n) is 11.6. The van der Waals surface area contributed by atoms with Crippen molar-refractivity contribution in [2.75, 3.05) is 26.2 Å². The van der Waals surface area contributed by atoms with Crippen LogP contribution in [-0.4, -0.2) is 47.8 Å². The van der Waals surface area contributed by atoms with Crippen LogP contribution < -0.4 is 5.32 Å². The minimum Gasteiger partial charge on any atom is -0.387 e. The number of nitrogens with zero attached hydrogens (tertiary/aromatic N) is 1. The number of amides is 1. The molecule has 5 nitrogen and oxygen atoms in total. The number of aliphatic hydroxyl groups is 1. The van der Waals surface area contributed by atoms with Crippen LogP contribution in [0.1, 0.15) is 60.0 Å². The monoisotopic (exact) mass is 670 g/mol. The van der Waals surface area contributed by atoms with E-state index in [4.69, 9.17) is 4.74 Å². The van der Waals surface area contributed by atoms with Crippen LogP contribution in [0.3, 0.4) is 0 Å². The second-order valence-corrected chi connectivity index (χ2v) is 13.0. The highest BCUT2D eigenvalue weighted by Gasteiger charge is 2.43. The molecular weight excluding hydrogens is 631 g/mol. The molecule has 1 fully saturated rings. The summed E-state index contributed by atoms with van der Waals surface area (Å²) in [4.78, 5) is 16.1. The molecule has 2 N–H and O–H groups in total. The van der Waals surface area contributed by atoms with Gasteiger partial charge in [0.25, 0.3) is 0 Å². The summed E-state index contributed by atoms with van der Waals surface area (Å²) in [5.41, 5.74) is 5.19. The van der Waals surface area contributed by atoms with Crippen LogP contribution in [0, 0.1) is 0 Å². The SMILES string of the molecule is C=C1/C=C\C=C/C(C)c2ccccc2C1COC(=P)N1CCC(C(=O)NCC(O)c2ccccc2)(c2ccc(Br)cc2)CC1. The number of carbonyl (C=O) groups excluding carboxylic acids is 1. The predicted octanol–water partition coefficient (Wildman–Crippen LogP) is 7.45. The van der Waals surface area contributed by atoms with Gasteiger partial charge in [-0.2, -0.15) is 0 Å². The molecule has 1 saturated heterocycles. The fourth-order valence-corrected chi connectivity index (χ4v) is 6.75. The van der Waals surface area contributed by atoms with Crippen molar-refractivity contribution >= 4 is 36.3 Å². The van der Waals surface area contributed by atoms with Gasteiger partial charge in [0.2, 0.25) is 5.91 Å². The Morgan fingerprint density at radius 1 is 1.05 bits per heavy atom. The Kier molecular flexibility index (Phi) is 10.8. The molecule has 1 heterocycles. The number of benzene rings is 3. The summed E-state index contributed by atoms with van der Waals surface area (Å²) < 4.78 is 7.36. The van der Waals surface area contributed by atoms with Crippen molar-refractivity contribution in [2.45, 2.75) is 43.1 Å². The maximum absolute atomic E-state index is 13.9. The summed E-state index contributed by atoms with van der Waals surface area (Å²) in [7, 11) is 3.79. The van der Waals surface area contributed by atoms with E-state index >= 15 is 0 Å². The van der Waals surface area contributed by atoms with E-state index in [1.807, 2.05) is 60.7 Å². The molecule has 228 valence electrons. The second kappa shape index (κ2) is 14.8. The van der Waals surface area contributed by atoms with Crippen molar-refractivity contribution in [1.29, 1.82) is 0 Å². The van der Waals surface area contributed by atoms with Crippen molar-refractivity contribution in [3.8, 4) is 0 Å². The number of hydrogen-bond acceptors (Lipinski definition) is 3. The first-order valence-corrected chi connectivity index (χ1v) is 16.4. The quantitative estimate of drug-likeness (QED) is 0.232. The lowest BCUT2D eigenvalue weighted by Crippen LogP contribution is -2.53. The Hall–Kier alpha value is -3.12. The largest absolute Gasteiger partial charge is 0.387 e. The van der Waals surface area contributed by atoms with E-state index in [0.717, 1.165) is 21.2 Å². The minimum absolute atomic E-state index is 0.00427. The zero-order valence-corrected chi connectivity index (χ0v) is 27.7. The van der Waals surface area contributed by atoms with Gasteiger partial charge in [0.1, 0.15) is 5.60 Å². The number of likely N-dealkylation sites (tertiary alicyclic amines) is 1. The number of hydrogen-bond donors (Lipinski definition) is 2. The van der Waals surface area contributed by atoms with Gasteiger partial charge in [0.15, 0.2) is 0 Å². The van der Waals surface area contributed by atoms with Crippen LogP contribution >= 0.6 is 24.8 Å². The molecule has 2 aliphatic rings. The lowest BCUT2D eigenvalue weighted by Gasteiger charge is -2.41. The molecule has 3 aromatic carbocycles. The number of aliphatic hydroxyl groups excluding tert-OH is 1. The summed E-state index contributed by atoms with van der Waals surface area (Å²) in [6, 6.07) is 25.9. The molecule has 0 aromatic heterocycles. The number of ether oxygens (including phenoxy) is 1. The van der Waals surface area contributed by atoms with Gasteiger partial charge in [-0.15, -0.1) is 0 Å². The van der Waals surface area contributed by atoms with Crippen molar-refractivity contribution in [3.05, 3.63) is 142 Å². The van der Waals surface area contributed by atoms with Gasteiger partial charge >= 0.3 is 0 Å². The van der Waals surface area contributed by atoms with Crippen molar-refractivity contribution in [1.82, 2.24) is 10.2 Å². The Balaban J connectivity index is 1.27. The summed E-state index contributed by atoms with van der Waals surface area (Å²) >= 11 is 3.53. The molecule has 0 spiro atoms. The molecule has 3 aromatic rings. The number of nitrogens with one attached hydrogen (secondary N) is 1. The normalized spacial score (nSPS) is 22.0. The number of rotatable bonds is 9. The van der Waals surface area contributed by atoms with Crippen LogP contribution in [0.15, 0.2) is 120 Å². The summed E-state index contributed by atoms with van der Waals surface area (Å²) in [6.45, 7) is 8.44. The van der Waals surface area contributed by atoms with E-state index < -0.39 is 11.5 Å². The van der Waals surface area contributed by atoms with Crippen LogP contribution in [0.5, 0.6) is 0 Å².